The lowest BCUT2D eigenvalue weighted by atomic mass is 10.0. The lowest BCUT2D eigenvalue weighted by molar-refractivity contribution is -0.121. The molecule has 2 N–H and O–H groups in total. The molecule has 0 bridgehead atoms. The second-order valence-corrected chi connectivity index (χ2v) is 6.10. The van der Waals surface area contributed by atoms with Crippen LogP contribution in [0.15, 0.2) is 0 Å². The fourth-order valence-electron chi connectivity index (χ4n) is 2.96. The summed E-state index contributed by atoms with van der Waals surface area (Å²) in [6, 6.07) is 0.541. The van der Waals surface area contributed by atoms with Crippen LogP contribution in [0.1, 0.15) is 51.4 Å². The van der Waals surface area contributed by atoms with Gasteiger partial charge in [-0.25, -0.2) is 0 Å². The topological polar surface area (TPSA) is 59.6 Å². The largest absolute Gasteiger partial charge is 0.379 e. The highest BCUT2D eigenvalue weighted by Crippen LogP contribution is 2.12. The van der Waals surface area contributed by atoms with E-state index in [2.05, 4.69) is 10.6 Å². The average Bonchev–Trinajstić information content (AvgIpc) is 3.03. The first-order chi connectivity index (χ1) is 10.3. The van der Waals surface area contributed by atoms with Gasteiger partial charge in [0, 0.05) is 32.2 Å². The number of ether oxygens (including phenoxy) is 2. The number of carbonyl (C=O) groups excluding carboxylic acids is 1. The van der Waals surface area contributed by atoms with Crippen molar-refractivity contribution in [3.05, 3.63) is 0 Å². The second-order valence-electron chi connectivity index (χ2n) is 6.10. The minimum Gasteiger partial charge on any atom is -0.379 e. The van der Waals surface area contributed by atoms with Gasteiger partial charge in [0.2, 0.25) is 5.91 Å². The molecule has 5 nitrogen and oxygen atoms in total. The first-order valence-corrected chi connectivity index (χ1v) is 8.54. The fraction of sp³-hybridized carbons (Fsp3) is 0.938. The van der Waals surface area contributed by atoms with E-state index in [1.165, 1.54) is 19.3 Å². The van der Waals surface area contributed by atoms with Crippen molar-refractivity contribution in [1.82, 2.24) is 10.6 Å². The standard InChI is InChI=1S/C16H30N2O3/c19-16(8-7-14-5-1-2-9-17-14)18-10-4-11-20-13-15-6-3-12-21-15/h14-15,17H,1-13H2,(H,18,19). The minimum absolute atomic E-state index is 0.168. The lowest BCUT2D eigenvalue weighted by Gasteiger charge is -2.23. The number of nitrogens with one attached hydrogen (secondary N) is 2. The molecule has 5 heteroatoms. The molecule has 21 heavy (non-hydrogen) atoms. The van der Waals surface area contributed by atoms with Crippen molar-refractivity contribution in [3.8, 4) is 0 Å². The van der Waals surface area contributed by atoms with Gasteiger partial charge in [-0.1, -0.05) is 6.42 Å². The SMILES string of the molecule is O=C(CCC1CCCCN1)NCCCOCC1CCCO1. The third-order valence-electron chi connectivity index (χ3n) is 4.25. The summed E-state index contributed by atoms with van der Waals surface area (Å²) in [4.78, 5) is 11.7. The van der Waals surface area contributed by atoms with E-state index in [-0.39, 0.29) is 5.91 Å². The molecule has 0 radical (unpaired) electrons. The number of amides is 1. The number of hydrogen-bond donors (Lipinski definition) is 2. The molecule has 0 aliphatic carbocycles. The quantitative estimate of drug-likeness (QED) is 0.635. The zero-order valence-corrected chi connectivity index (χ0v) is 13.1. The van der Waals surface area contributed by atoms with Crippen molar-refractivity contribution < 1.29 is 14.3 Å². The van der Waals surface area contributed by atoms with E-state index in [9.17, 15) is 4.79 Å². The van der Waals surface area contributed by atoms with Gasteiger partial charge in [0.1, 0.15) is 0 Å². The summed E-state index contributed by atoms with van der Waals surface area (Å²) in [5.74, 6) is 0.168. The Morgan fingerprint density at radius 3 is 3.00 bits per heavy atom. The monoisotopic (exact) mass is 298 g/mol. The lowest BCUT2D eigenvalue weighted by Crippen LogP contribution is -2.35. The van der Waals surface area contributed by atoms with Crippen molar-refractivity contribution in [1.29, 1.82) is 0 Å². The van der Waals surface area contributed by atoms with Gasteiger partial charge in [-0.15, -0.1) is 0 Å². The van der Waals surface area contributed by atoms with Gasteiger partial charge < -0.3 is 20.1 Å². The number of hydrogen-bond acceptors (Lipinski definition) is 4. The molecule has 0 aromatic rings. The molecule has 2 fully saturated rings. The summed E-state index contributed by atoms with van der Waals surface area (Å²) in [5, 5.41) is 6.45. The maximum Gasteiger partial charge on any atom is 0.220 e. The van der Waals surface area contributed by atoms with Gasteiger partial charge in [-0.3, -0.25) is 4.79 Å². The van der Waals surface area contributed by atoms with E-state index in [1.807, 2.05) is 0 Å². The van der Waals surface area contributed by atoms with Gasteiger partial charge in [-0.2, -0.15) is 0 Å². The first kappa shape index (κ1) is 16.7. The Bertz CT molecular complexity index is 287. The predicted molar refractivity (Wildman–Crippen MR) is 82.3 cm³/mol. The van der Waals surface area contributed by atoms with Crippen molar-refractivity contribution in [2.45, 2.75) is 63.5 Å². The van der Waals surface area contributed by atoms with Crippen molar-refractivity contribution in [2.75, 3.05) is 32.9 Å². The highest BCUT2D eigenvalue weighted by molar-refractivity contribution is 5.75. The van der Waals surface area contributed by atoms with Crippen LogP contribution in [-0.4, -0.2) is 51.0 Å². The van der Waals surface area contributed by atoms with Crippen LogP contribution in [0.5, 0.6) is 0 Å². The van der Waals surface area contributed by atoms with Gasteiger partial charge in [0.05, 0.1) is 12.7 Å². The number of piperidine rings is 1. The third-order valence-corrected chi connectivity index (χ3v) is 4.25. The molecule has 122 valence electrons. The Kier molecular flexibility index (Phi) is 8.07. The maximum absolute atomic E-state index is 11.7. The van der Waals surface area contributed by atoms with E-state index < -0.39 is 0 Å². The number of carbonyl (C=O) groups is 1. The average molecular weight is 298 g/mol. The molecule has 2 heterocycles. The molecule has 0 aromatic heterocycles. The number of rotatable bonds is 9. The smallest absolute Gasteiger partial charge is 0.220 e. The highest BCUT2D eigenvalue weighted by atomic mass is 16.5. The third kappa shape index (κ3) is 7.25. The van der Waals surface area contributed by atoms with E-state index in [0.29, 0.717) is 38.3 Å². The summed E-state index contributed by atoms with van der Waals surface area (Å²) in [6.45, 7) is 4.09. The maximum atomic E-state index is 11.7. The Balaban J connectivity index is 1.38. The van der Waals surface area contributed by atoms with E-state index in [1.54, 1.807) is 0 Å². The van der Waals surface area contributed by atoms with Crippen LogP contribution < -0.4 is 10.6 Å². The summed E-state index contributed by atoms with van der Waals surface area (Å²) < 4.78 is 11.1. The van der Waals surface area contributed by atoms with Gasteiger partial charge in [-0.05, 0) is 45.1 Å². The van der Waals surface area contributed by atoms with E-state index in [0.717, 1.165) is 38.8 Å². The van der Waals surface area contributed by atoms with Crippen LogP contribution in [-0.2, 0) is 14.3 Å². The summed E-state index contributed by atoms with van der Waals surface area (Å²) in [7, 11) is 0. The zero-order chi connectivity index (χ0) is 14.8. The molecule has 1 amide bonds. The van der Waals surface area contributed by atoms with Crippen molar-refractivity contribution in [2.24, 2.45) is 0 Å². The first-order valence-electron chi connectivity index (χ1n) is 8.54. The highest BCUT2D eigenvalue weighted by Gasteiger charge is 2.15. The molecule has 2 saturated heterocycles. The molecular weight excluding hydrogens is 268 g/mol. The second kappa shape index (κ2) is 10.1. The zero-order valence-electron chi connectivity index (χ0n) is 13.1. The van der Waals surface area contributed by atoms with Crippen LogP contribution >= 0.6 is 0 Å². The molecular formula is C16H30N2O3. The van der Waals surface area contributed by atoms with Crippen molar-refractivity contribution >= 4 is 5.91 Å². The summed E-state index contributed by atoms with van der Waals surface area (Å²) >= 11 is 0. The normalized spacial score (nSPS) is 25.9. The molecule has 2 aliphatic rings. The molecule has 2 atom stereocenters. The molecule has 2 unspecified atom stereocenters. The van der Waals surface area contributed by atoms with Crippen molar-refractivity contribution in [3.63, 3.8) is 0 Å². The van der Waals surface area contributed by atoms with Gasteiger partial charge >= 0.3 is 0 Å². The van der Waals surface area contributed by atoms with Crippen LogP contribution in [0.25, 0.3) is 0 Å². The Morgan fingerprint density at radius 1 is 1.29 bits per heavy atom. The fourth-order valence-corrected chi connectivity index (χ4v) is 2.96. The molecule has 0 aromatic carbocycles. The van der Waals surface area contributed by atoms with Crippen LogP contribution in [0.2, 0.25) is 0 Å². The van der Waals surface area contributed by atoms with Crippen LogP contribution in [0, 0.1) is 0 Å². The van der Waals surface area contributed by atoms with Gasteiger partial charge in [0.15, 0.2) is 0 Å². The predicted octanol–water partition coefficient (Wildman–Crippen LogP) is 1.61. The molecule has 0 spiro atoms. The van der Waals surface area contributed by atoms with E-state index in [4.69, 9.17) is 9.47 Å². The Hall–Kier alpha value is -0.650. The van der Waals surface area contributed by atoms with E-state index >= 15 is 0 Å². The van der Waals surface area contributed by atoms with Crippen LogP contribution in [0.4, 0.5) is 0 Å². The summed E-state index contributed by atoms with van der Waals surface area (Å²) in [6.07, 6.45) is 8.81. The molecule has 2 rings (SSSR count). The molecule has 0 saturated carbocycles. The summed E-state index contributed by atoms with van der Waals surface area (Å²) in [5.41, 5.74) is 0. The van der Waals surface area contributed by atoms with Crippen LogP contribution in [0.3, 0.4) is 0 Å². The Labute approximate surface area is 128 Å². The van der Waals surface area contributed by atoms with Gasteiger partial charge in [0.25, 0.3) is 0 Å². The Morgan fingerprint density at radius 2 is 2.24 bits per heavy atom. The minimum atomic E-state index is 0.168. The molecule has 2 aliphatic heterocycles.